The summed E-state index contributed by atoms with van der Waals surface area (Å²) in [5.74, 6) is 0.436. The Morgan fingerprint density at radius 3 is 2.50 bits per heavy atom. The minimum absolute atomic E-state index is 0.209. The van der Waals surface area contributed by atoms with E-state index in [0.717, 1.165) is 30.2 Å². The highest BCUT2D eigenvalue weighted by molar-refractivity contribution is 5.89. The van der Waals surface area contributed by atoms with Gasteiger partial charge in [-0.15, -0.1) is 0 Å². The molecule has 1 unspecified atom stereocenters. The summed E-state index contributed by atoms with van der Waals surface area (Å²) in [6.45, 7) is 9.64. The summed E-state index contributed by atoms with van der Waals surface area (Å²) in [4.78, 5) is 16.2. The number of nitrogens with one attached hydrogen (secondary N) is 2. The molecule has 0 radical (unpaired) electrons. The van der Waals surface area contributed by atoms with E-state index in [9.17, 15) is 4.79 Å². The summed E-state index contributed by atoms with van der Waals surface area (Å²) < 4.78 is 6.65. The second-order valence-electron chi connectivity index (χ2n) is 6.91. The van der Waals surface area contributed by atoms with Gasteiger partial charge in [-0.05, 0) is 57.4 Å². The average Bonchev–Trinajstić information content (AvgIpc) is 2.92. The topological polar surface area (TPSA) is 80.5 Å². The van der Waals surface area contributed by atoms with Gasteiger partial charge in [0.05, 0.1) is 24.9 Å². The zero-order chi connectivity index (χ0) is 20.7. The summed E-state index contributed by atoms with van der Waals surface area (Å²) in [6.07, 6.45) is 0.879. The Hall–Kier alpha value is -2.83. The van der Waals surface area contributed by atoms with Gasteiger partial charge in [-0.2, -0.15) is 5.10 Å². The fourth-order valence-corrected chi connectivity index (χ4v) is 3.06. The monoisotopic (exact) mass is 385 g/mol. The number of guanidine groups is 1. The molecule has 0 spiro atoms. The number of rotatable bonds is 7. The number of aromatic nitrogens is 2. The minimum atomic E-state index is -0.333. The number of benzene rings is 1. The summed E-state index contributed by atoms with van der Waals surface area (Å²) >= 11 is 0. The zero-order valence-electron chi connectivity index (χ0n) is 17.7. The van der Waals surface area contributed by atoms with E-state index in [-0.39, 0.29) is 12.0 Å². The molecule has 28 heavy (non-hydrogen) atoms. The SMILES string of the molecule is CCNC(=NCc1ccc(C(=O)OC)cc1)NC(C)Cc1c(C)nn(C)c1C. The second-order valence-corrected chi connectivity index (χ2v) is 6.91. The third-order valence-corrected chi connectivity index (χ3v) is 4.69. The molecule has 152 valence electrons. The first kappa shape index (κ1) is 21.5. The quantitative estimate of drug-likeness (QED) is 0.435. The molecule has 2 N–H and O–H groups in total. The fraction of sp³-hybridized carbons (Fsp3) is 0.476. The van der Waals surface area contributed by atoms with Gasteiger partial charge in [0, 0.05) is 25.3 Å². The Bertz CT molecular complexity index is 824. The Morgan fingerprint density at radius 2 is 1.96 bits per heavy atom. The predicted molar refractivity (Wildman–Crippen MR) is 112 cm³/mol. The van der Waals surface area contributed by atoms with Crippen LogP contribution in [0.15, 0.2) is 29.3 Å². The van der Waals surface area contributed by atoms with Crippen LogP contribution in [0.3, 0.4) is 0 Å². The summed E-state index contributed by atoms with van der Waals surface area (Å²) in [5.41, 5.74) is 5.10. The number of nitrogens with zero attached hydrogens (tertiary/aromatic N) is 3. The van der Waals surface area contributed by atoms with Crippen LogP contribution >= 0.6 is 0 Å². The number of methoxy groups -OCH3 is 1. The van der Waals surface area contributed by atoms with E-state index in [0.29, 0.717) is 12.1 Å². The Kier molecular flexibility index (Phi) is 7.61. The van der Waals surface area contributed by atoms with Crippen LogP contribution in [-0.2, 0) is 24.8 Å². The average molecular weight is 386 g/mol. The molecule has 0 aliphatic carbocycles. The molecule has 7 heteroatoms. The van der Waals surface area contributed by atoms with E-state index in [1.165, 1.54) is 18.4 Å². The maximum atomic E-state index is 11.5. The first-order valence-electron chi connectivity index (χ1n) is 9.56. The number of hydrogen-bond donors (Lipinski definition) is 2. The molecule has 1 heterocycles. The molecule has 1 aromatic heterocycles. The number of carbonyl (C=O) groups is 1. The van der Waals surface area contributed by atoms with Crippen molar-refractivity contribution >= 4 is 11.9 Å². The predicted octanol–water partition coefficient (Wildman–Crippen LogP) is 2.51. The van der Waals surface area contributed by atoms with Crippen molar-refractivity contribution in [2.45, 2.75) is 46.7 Å². The molecule has 2 aromatic rings. The van der Waals surface area contributed by atoms with Crippen molar-refractivity contribution in [1.29, 1.82) is 0 Å². The van der Waals surface area contributed by atoms with Crippen LogP contribution in [0.1, 0.15) is 46.7 Å². The molecule has 0 saturated carbocycles. The smallest absolute Gasteiger partial charge is 0.337 e. The lowest BCUT2D eigenvalue weighted by Gasteiger charge is -2.18. The number of aliphatic imine (C=N–C) groups is 1. The number of hydrogen-bond acceptors (Lipinski definition) is 4. The lowest BCUT2D eigenvalue weighted by atomic mass is 10.1. The molecular formula is C21H31N5O2. The number of carbonyl (C=O) groups excluding carboxylic acids is 1. The molecule has 1 aromatic carbocycles. The van der Waals surface area contributed by atoms with Crippen molar-refractivity contribution in [2.24, 2.45) is 12.0 Å². The Labute approximate surface area is 167 Å². The Morgan fingerprint density at radius 1 is 1.29 bits per heavy atom. The highest BCUT2D eigenvalue weighted by Crippen LogP contribution is 2.14. The molecule has 0 amide bonds. The van der Waals surface area contributed by atoms with Gasteiger partial charge in [-0.3, -0.25) is 4.68 Å². The third-order valence-electron chi connectivity index (χ3n) is 4.69. The fourth-order valence-electron chi connectivity index (χ4n) is 3.06. The maximum absolute atomic E-state index is 11.5. The van der Waals surface area contributed by atoms with Crippen molar-refractivity contribution < 1.29 is 9.53 Å². The van der Waals surface area contributed by atoms with Crippen molar-refractivity contribution in [1.82, 2.24) is 20.4 Å². The summed E-state index contributed by atoms with van der Waals surface area (Å²) in [5, 5.41) is 11.2. The van der Waals surface area contributed by atoms with Gasteiger partial charge in [-0.1, -0.05) is 12.1 Å². The molecule has 2 rings (SSSR count). The lowest BCUT2D eigenvalue weighted by Crippen LogP contribution is -2.43. The number of esters is 1. The van der Waals surface area contributed by atoms with Crippen LogP contribution < -0.4 is 10.6 Å². The van der Waals surface area contributed by atoms with Gasteiger partial charge >= 0.3 is 5.97 Å². The van der Waals surface area contributed by atoms with E-state index in [1.807, 2.05) is 37.7 Å². The molecule has 0 bridgehead atoms. The highest BCUT2D eigenvalue weighted by Gasteiger charge is 2.14. The molecule has 1 atom stereocenters. The largest absolute Gasteiger partial charge is 0.465 e. The molecule has 0 fully saturated rings. The van der Waals surface area contributed by atoms with Gasteiger partial charge in [0.15, 0.2) is 5.96 Å². The van der Waals surface area contributed by atoms with Gasteiger partial charge in [0.2, 0.25) is 0 Å². The number of ether oxygens (including phenoxy) is 1. The molecular weight excluding hydrogens is 354 g/mol. The van der Waals surface area contributed by atoms with Gasteiger partial charge in [0.25, 0.3) is 0 Å². The van der Waals surface area contributed by atoms with Gasteiger partial charge in [-0.25, -0.2) is 9.79 Å². The van der Waals surface area contributed by atoms with Gasteiger partial charge in [0.1, 0.15) is 0 Å². The molecule has 7 nitrogen and oxygen atoms in total. The van der Waals surface area contributed by atoms with Crippen LogP contribution in [-0.4, -0.2) is 41.4 Å². The maximum Gasteiger partial charge on any atom is 0.337 e. The van der Waals surface area contributed by atoms with Crippen LogP contribution in [0.2, 0.25) is 0 Å². The number of aryl methyl sites for hydroxylation is 2. The minimum Gasteiger partial charge on any atom is -0.465 e. The van der Waals surface area contributed by atoms with Crippen LogP contribution in [0, 0.1) is 13.8 Å². The highest BCUT2D eigenvalue weighted by atomic mass is 16.5. The molecule has 0 aliphatic heterocycles. The Balaban J connectivity index is 2.02. The van der Waals surface area contributed by atoms with E-state index < -0.39 is 0 Å². The second kappa shape index (κ2) is 9.92. The summed E-state index contributed by atoms with van der Waals surface area (Å²) in [6, 6.07) is 7.51. The van der Waals surface area contributed by atoms with Crippen molar-refractivity contribution in [3.05, 3.63) is 52.3 Å². The summed E-state index contributed by atoms with van der Waals surface area (Å²) in [7, 11) is 3.35. The van der Waals surface area contributed by atoms with Crippen LogP contribution in [0.5, 0.6) is 0 Å². The van der Waals surface area contributed by atoms with E-state index >= 15 is 0 Å². The van der Waals surface area contributed by atoms with E-state index in [4.69, 9.17) is 4.74 Å². The van der Waals surface area contributed by atoms with Crippen molar-refractivity contribution in [3.63, 3.8) is 0 Å². The lowest BCUT2D eigenvalue weighted by molar-refractivity contribution is 0.0600. The van der Waals surface area contributed by atoms with E-state index in [1.54, 1.807) is 12.1 Å². The third kappa shape index (κ3) is 5.58. The van der Waals surface area contributed by atoms with E-state index in [2.05, 4.69) is 34.6 Å². The van der Waals surface area contributed by atoms with Crippen molar-refractivity contribution in [3.8, 4) is 0 Å². The zero-order valence-corrected chi connectivity index (χ0v) is 17.7. The first-order chi connectivity index (χ1) is 13.3. The van der Waals surface area contributed by atoms with Crippen LogP contribution in [0.25, 0.3) is 0 Å². The normalized spacial score (nSPS) is 12.6. The molecule has 0 saturated heterocycles. The molecule has 0 aliphatic rings. The van der Waals surface area contributed by atoms with Crippen LogP contribution in [0.4, 0.5) is 0 Å². The first-order valence-corrected chi connectivity index (χ1v) is 9.56. The van der Waals surface area contributed by atoms with Crippen molar-refractivity contribution in [2.75, 3.05) is 13.7 Å². The van der Waals surface area contributed by atoms with Gasteiger partial charge < -0.3 is 15.4 Å². The standard InChI is InChI=1S/C21H31N5O2/c1-7-22-21(23-13-17-8-10-18(11-9-17)20(27)28-6)24-14(2)12-19-15(3)25-26(5)16(19)4/h8-11,14H,7,12-13H2,1-6H3,(H2,22,23,24).